The molecule has 30 heavy (non-hydrogen) atoms. The lowest BCUT2D eigenvalue weighted by atomic mass is 10.3. The lowest BCUT2D eigenvalue weighted by Gasteiger charge is -2.20. The Balaban J connectivity index is 0.00000320. The highest BCUT2D eigenvalue weighted by Gasteiger charge is 2.30. The zero-order valence-electron chi connectivity index (χ0n) is 16.5. The van der Waals surface area contributed by atoms with Crippen molar-refractivity contribution in [1.82, 2.24) is 15.6 Å². The van der Waals surface area contributed by atoms with Gasteiger partial charge in [0.25, 0.3) is 0 Å². The lowest BCUT2D eigenvalue weighted by Crippen LogP contribution is -2.45. The third-order valence-electron chi connectivity index (χ3n) is 4.58. The molecule has 164 valence electrons. The Morgan fingerprint density at radius 1 is 1.23 bits per heavy atom. The molecular formula is C20H25F3IN5O. The van der Waals surface area contributed by atoms with Crippen molar-refractivity contribution in [3.05, 3.63) is 54.2 Å². The van der Waals surface area contributed by atoms with Crippen LogP contribution in [0.2, 0.25) is 0 Å². The molecule has 0 amide bonds. The second-order valence-electron chi connectivity index (χ2n) is 6.64. The zero-order valence-corrected chi connectivity index (χ0v) is 18.9. The number of hydrogen-bond donors (Lipinski definition) is 2. The summed E-state index contributed by atoms with van der Waals surface area (Å²) in [6.07, 6.45) is -2.63. The minimum absolute atomic E-state index is 0. The van der Waals surface area contributed by atoms with Crippen molar-refractivity contribution in [3.63, 3.8) is 0 Å². The van der Waals surface area contributed by atoms with E-state index in [1.807, 2.05) is 18.2 Å². The molecule has 0 aliphatic carbocycles. The first-order valence-electron chi connectivity index (χ1n) is 9.39. The summed E-state index contributed by atoms with van der Waals surface area (Å²) in [4.78, 5) is 10.2. The smallest absolute Gasteiger partial charge is 0.417 e. The van der Waals surface area contributed by atoms with Crippen LogP contribution in [0.5, 0.6) is 5.88 Å². The highest BCUT2D eigenvalue weighted by atomic mass is 127. The standard InChI is InChI=1S/C20H24F3N5O.HI/c1-24-19(27-16-9-11-28(14-16)17-5-3-2-4-6-17)25-10-12-29-18-8-7-15(13-26-18)20(21,22)23;/h2-8,13,16H,9-12,14H2,1H3,(H2,24,25,27);1H. The molecule has 0 saturated carbocycles. The second kappa shape index (κ2) is 11.2. The fraction of sp³-hybridized carbons (Fsp3) is 0.400. The number of ether oxygens (including phenoxy) is 1. The molecule has 1 atom stereocenters. The van der Waals surface area contributed by atoms with Crippen molar-refractivity contribution in [2.45, 2.75) is 18.6 Å². The van der Waals surface area contributed by atoms with Crippen molar-refractivity contribution in [2.24, 2.45) is 4.99 Å². The Hall–Kier alpha value is -2.24. The van der Waals surface area contributed by atoms with Crippen LogP contribution in [-0.2, 0) is 6.18 Å². The number of aliphatic imine (C=N–C) groups is 1. The molecule has 0 bridgehead atoms. The Morgan fingerprint density at radius 3 is 2.63 bits per heavy atom. The van der Waals surface area contributed by atoms with Crippen molar-refractivity contribution in [1.29, 1.82) is 0 Å². The molecule has 1 aliphatic heterocycles. The summed E-state index contributed by atoms with van der Waals surface area (Å²) in [7, 11) is 1.69. The molecule has 0 spiro atoms. The number of para-hydroxylation sites is 1. The third kappa shape index (κ3) is 6.92. The van der Waals surface area contributed by atoms with Crippen LogP contribution < -0.4 is 20.3 Å². The molecule has 2 heterocycles. The third-order valence-corrected chi connectivity index (χ3v) is 4.58. The maximum Gasteiger partial charge on any atom is 0.417 e. The van der Waals surface area contributed by atoms with E-state index in [1.54, 1.807) is 7.05 Å². The van der Waals surface area contributed by atoms with Gasteiger partial charge in [0.1, 0.15) is 6.61 Å². The second-order valence-corrected chi connectivity index (χ2v) is 6.64. The van der Waals surface area contributed by atoms with Gasteiger partial charge in [0, 0.05) is 44.1 Å². The van der Waals surface area contributed by atoms with E-state index in [0.717, 1.165) is 31.8 Å². The SMILES string of the molecule is CN=C(NCCOc1ccc(C(F)(F)F)cn1)NC1CCN(c2ccccc2)C1.I. The van der Waals surface area contributed by atoms with Gasteiger partial charge in [-0.05, 0) is 24.6 Å². The summed E-state index contributed by atoms with van der Waals surface area (Å²) >= 11 is 0. The van der Waals surface area contributed by atoms with Gasteiger partial charge in [-0.2, -0.15) is 13.2 Å². The molecule has 0 radical (unpaired) electrons. The molecule has 1 aliphatic rings. The Bertz CT molecular complexity index is 802. The van der Waals surface area contributed by atoms with E-state index >= 15 is 0 Å². The number of anilines is 1. The quantitative estimate of drug-likeness (QED) is 0.257. The van der Waals surface area contributed by atoms with Gasteiger partial charge in [-0.1, -0.05) is 18.2 Å². The maximum absolute atomic E-state index is 12.5. The Kier molecular flexibility index (Phi) is 9.00. The molecule has 6 nitrogen and oxygen atoms in total. The van der Waals surface area contributed by atoms with Crippen molar-refractivity contribution in [3.8, 4) is 5.88 Å². The number of aromatic nitrogens is 1. The highest BCUT2D eigenvalue weighted by Crippen LogP contribution is 2.29. The van der Waals surface area contributed by atoms with Crippen LogP contribution in [0.1, 0.15) is 12.0 Å². The lowest BCUT2D eigenvalue weighted by molar-refractivity contribution is -0.137. The van der Waals surface area contributed by atoms with Crippen molar-refractivity contribution in [2.75, 3.05) is 38.2 Å². The number of nitrogens with zero attached hydrogens (tertiary/aromatic N) is 3. The number of alkyl halides is 3. The van der Waals surface area contributed by atoms with Gasteiger partial charge in [0.2, 0.25) is 5.88 Å². The first-order chi connectivity index (χ1) is 14.0. The average molecular weight is 535 g/mol. The zero-order chi connectivity index (χ0) is 20.7. The molecule has 1 fully saturated rings. The van der Waals surface area contributed by atoms with Crippen molar-refractivity contribution < 1.29 is 17.9 Å². The van der Waals surface area contributed by atoms with Gasteiger partial charge in [-0.25, -0.2) is 4.98 Å². The van der Waals surface area contributed by atoms with Gasteiger partial charge < -0.3 is 20.3 Å². The maximum atomic E-state index is 12.5. The van der Waals surface area contributed by atoms with E-state index < -0.39 is 11.7 Å². The van der Waals surface area contributed by atoms with Crippen LogP contribution in [0.15, 0.2) is 53.7 Å². The van der Waals surface area contributed by atoms with Crippen molar-refractivity contribution >= 4 is 35.6 Å². The minimum atomic E-state index is -4.40. The summed E-state index contributed by atoms with van der Waals surface area (Å²) in [6.45, 7) is 2.55. The fourth-order valence-corrected chi connectivity index (χ4v) is 3.10. The van der Waals surface area contributed by atoms with Crippen LogP contribution in [0, 0.1) is 0 Å². The van der Waals surface area contributed by atoms with Crippen LogP contribution in [0.25, 0.3) is 0 Å². The summed E-state index contributed by atoms with van der Waals surface area (Å²) in [5.74, 6) is 0.811. The van der Waals surface area contributed by atoms with Crippen LogP contribution >= 0.6 is 24.0 Å². The number of halogens is 4. The molecule has 2 N–H and O–H groups in total. The monoisotopic (exact) mass is 535 g/mol. The van der Waals surface area contributed by atoms with Gasteiger partial charge in [0.05, 0.1) is 12.1 Å². The fourth-order valence-electron chi connectivity index (χ4n) is 3.10. The number of nitrogens with one attached hydrogen (secondary N) is 2. The van der Waals surface area contributed by atoms with Gasteiger partial charge in [-0.3, -0.25) is 4.99 Å². The summed E-state index contributed by atoms with van der Waals surface area (Å²) in [6, 6.07) is 12.7. The van der Waals surface area contributed by atoms with E-state index in [0.29, 0.717) is 12.5 Å². The van der Waals surface area contributed by atoms with Gasteiger partial charge >= 0.3 is 6.18 Å². The van der Waals surface area contributed by atoms with Crippen LogP contribution in [0.4, 0.5) is 18.9 Å². The normalized spacial score (nSPS) is 16.7. The topological polar surface area (TPSA) is 61.8 Å². The van der Waals surface area contributed by atoms with Crippen LogP contribution in [0.3, 0.4) is 0 Å². The first kappa shape index (κ1) is 24.0. The number of rotatable bonds is 6. The van der Waals surface area contributed by atoms with Gasteiger partial charge in [0.15, 0.2) is 5.96 Å². The number of benzene rings is 1. The Morgan fingerprint density at radius 2 is 2.00 bits per heavy atom. The minimum Gasteiger partial charge on any atom is -0.476 e. The largest absolute Gasteiger partial charge is 0.476 e. The summed E-state index contributed by atoms with van der Waals surface area (Å²) in [5.41, 5.74) is 0.408. The molecule has 1 saturated heterocycles. The van der Waals surface area contributed by atoms with E-state index in [2.05, 4.69) is 37.6 Å². The number of hydrogen-bond acceptors (Lipinski definition) is 4. The first-order valence-corrected chi connectivity index (χ1v) is 9.39. The molecule has 1 aromatic carbocycles. The molecule has 3 rings (SSSR count). The van der Waals surface area contributed by atoms with E-state index in [4.69, 9.17) is 4.74 Å². The predicted molar refractivity (Wildman–Crippen MR) is 122 cm³/mol. The molecular weight excluding hydrogens is 510 g/mol. The average Bonchev–Trinajstić information content (AvgIpc) is 3.19. The molecule has 2 aromatic rings. The van der Waals surface area contributed by atoms with E-state index in [-0.39, 0.29) is 42.5 Å². The number of pyridine rings is 1. The molecule has 10 heteroatoms. The molecule has 1 aromatic heterocycles. The summed E-state index contributed by atoms with van der Waals surface area (Å²) in [5, 5.41) is 6.53. The molecule has 1 unspecified atom stereocenters. The Labute approximate surface area is 190 Å². The van der Waals surface area contributed by atoms with Gasteiger partial charge in [-0.15, -0.1) is 24.0 Å². The number of guanidine groups is 1. The predicted octanol–water partition coefficient (Wildman–Crippen LogP) is 3.54. The summed E-state index contributed by atoms with van der Waals surface area (Å²) < 4.78 is 43.0. The highest BCUT2D eigenvalue weighted by molar-refractivity contribution is 14.0. The van der Waals surface area contributed by atoms with E-state index in [9.17, 15) is 13.2 Å². The van der Waals surface area contributed by atoms with Crippen LogP contribution in [-0.4, -0.2) is 50.3 Å². The van der Waals surface area contributed by atoms with E-state index in [1.165, 1.54) is 11.8 Å².